The van der Waals surface area contributed by atoms with Crippen molar-refractivity contribution in [1.82, 2.24) is 9.55 Å². The molecule has 122 valence electrons. The van der Waals surface area contributed by atoms with E-state index in [0.717, 1.165) is 11.1 Å². The third-order valence-electron chi connectivity index (χ3n) is 3.27. The van der Waals surface area contributed by atoms with Crippen LogP contribution in [0.15, 0.2) is 42.7 Å². The highest BCUT2D eigenvalue weighted by Gasteiger charge is 2.19. The molecule has 1 aromatic heterocycles. The van der Waals surface area contributed by atoms with E-state index < -0.39 is 12.1 Å². The van der Waals surface area contributed by atoms with Crippen LogP contribution in [-0.4, -0.2) is 27.7 Å². The molecule has 0 fully saturated rings. The van der Waals surface area contributed by atoms with Gasteiger partial charge < -0.3 is 9.84 Å². The minimum absolute atomic E-state index is 0.0868. The molecule has 8 heteroatoms. The number of esters is 1. The zero-order chi connectivity index (χ0) is 17.0. The summed E-state index contributed by atoms with van der Waals surface area (Å²) in [6.07, 6.45) is 3.29. The standard InChI is InChI=1S/C15H15ClIN2O3P/c1-9(15(21)22-2)5-14(20)12-4-3-11(16)6-13(12)10-7-18-19(8-10)23-17/h3-4,6-8,14,20,23H,1,5H2,2H3. The summed E-state index contributed by atoms with van der Waals surface area (Å²) in [5, 5.41) is 15.3. The number of hydrogen-bond donors (Lipinski definition) is 1. The lowest BCUT2D eigenvalue weighted by Gasteiger charge is -2.16. The van der Waals surface area contributed by atoms with Crippen molar-refractivity contribution in [3.8, 4) is 11.1 Å². The third kappa shape index (κ3) is 4.53. The summed E-state index contributed by atoms with van der Waals surface area (Å²) in [5.41, 5.74) is 2.51. The number of hydrogen-bond acceptors (Lipinski definition) is 4. The second-order valence-electron chi connectivity index (χ2n) is 4.80. The molecule has 2 atom stereocenters. The normalized spacial score (nSPS) is 12.5. The van der Waals surface area contributed by atoms with Gasteiger partial charge in [-0.15, -0.1) is 0 Å². The van der Waals surface area contributed by atoms with Gasteiger partial charge in [-0.2, -0.15) is 5.10 Å². The van der Waals surface area contributed by atoms with Gasteiger partial charge in [0.1, 0.15) is 0 Å². The molecule has 0 saturated carbocycles. The summed E-state index contributed by atoms with van der Waals surface area (Å²) in [6, 6.07) is 5.23. The minimum atomic E-state index is -0.890. The number of halogens is 2. The number of nitrogens with zero attached hydrogens (tertiary/aromatic N) is 2. The van der Waals surface area contributed by atoms with E-state index in [1.807, 2.05) is 6.20 Å². The van der Waals surface area contributed by atoms with Crippen molar-refractivity contribution < 1.29 is 14.6 Å². The number of aliphatic hydroxyl groups excluding tert-OH is 1. The molecule has 0 bridgehead atoms. The number of benzene rings is 1. The van der Waals surface area contributed by atoms with Gasteiger partial charge in [-0.25, -0.2) is 9.25 Å². The molecule has 1 heterocycles. The Balaban J connectivity index is 2.35. The van der Waals surface area contributed by atoms with Crippen LogP contribution in [0.1, 0.15) is 18.1 Å². The van der Waals surface area contributed by atoms with E-state index in [1.54, 1.807) is 28.8 Å². The molecule has 0 aliphatic rings. The monoisotopic (exact) mass is 464 g/mol. The molecule has 1 N–H and O–H groups in total. The Hall–Kier alpha value is -0.950. The van der Waals surface area contributed by atoms with Gasteiger partial charge in [-0.1, -0.05) is 24.2 Å². The number of aliphatic hydroxyl groups is 1. The van der Waals surface area contributed by atoms with Crippen molar-refractivity contribution in [2.75, 3.05) is 7.11 Å². The summed E-state index contributed by atoms with van der Waals surface area (Å²) in [7, 11) is 1.28. The summed E-state index contributed by atoms with van der Waals surface area (Å²) in [6.45, 7) is 3.65. The summed E-state index contributed by atoms with van der Waals surface area (Å²) >= 11 is 8.32. The first-order chi connectivity index (χ1) is 11.0. The predicted molar refractivity (Wildman–Crippen MR) is 101 cm³/mol. The maximum absolute atomic E-state index is 11.5. The molecular weight excluding hydrogens is 450 g/mol. The summed E-state index contributed by atoms with van der Waals surface area (Å²) in [5.74, 6) is -0.529. The van der Waals surface area contributed by atoms with Gasteiger partial charge in [-0.05, 0) is 45.3 Å². The van der Waals surface area contributed by atoms with Gasteiger partial charge >= 0.3 is 5.97 Å². The highest BCUT2D eigenvalue weighted by atomic mass is 127. The van der Waals surface area contributed by atoms with Gasteiger partial charge in [-0.3, -0.25) is 0 Å². The topological polar surface area (TPSA) is 64.4 Å². The van der Waals surface area contributed by atoms with Gasteiger partial charge in [0.25, 0.3) is 0 Å². The summed E-state index contributed by atoms with van der Waals surface area (Å²) < 4.78 is 6.42. The van der Waals surface area contributed by atoms with Crippen molar-refractivity contribution in [2.45, 2.75) is 12.5 Å². The minimum Gasteiger partial charge on any atom is -0.466 e. The van der Waals surface area contributed by atoms with E-state index in [9.17, 15) is 9.90 Å². The average Bonchev–Trinajstić information content (AvgIpc) is 3.02. The van der Waals surface area contributed by atoms with Gasteiger partial charge in [0.2, 0.25) is 0 Å². The molecular formula is C15H15ClIN2O3P. The molecule has 23 heavy (non-hydrogen) atoms. The highest BCUT2D eigenvalue weighted by Crippen LogP contribution is 2.34. The fourth-order valence-electron chi connectivity index (χ4n) is 2.15. The molecule has 2 aromatic rings. The van der Waals surface area contributed by atoms with E-state index in [0.29, 0.717) is 17.0 Å². The lowest BCUT2D eigenvalue weighted by Crippen LogP contribution is -2.09. The maximum atomic E-state index is 11.5. The Morgan fingerprint density at radius 1 is 1.61 bits per heavy atom. The van der Waals surface area contributed by atoms with Crippen LogP contribution in [0, 0.1) is 0 Å². The van der Waals surface area contributed by atoms with Crippen LogP contribution in [0.2, 0.25) is 5.02 Å². The number of rotatable bonds is 6. The smallest absolute Gasteiger partial charge is 0.333 e. The van der Waals surface area contributed by atoms with E-state index in [2.05, 4.69) is 38.5 Å². The summed E-state index contributed by atoms with van der Waals surface area (Å²) in [4.78, 5) is 11.5. The molecule has 0 spiro atoms. The zero-order valence-electron chi connectivity index (χ0n) is 12.3. The van der Waals surface area contributed by atoms with Crippen molar-refractivity contribution >= 4 is 46.0 Å². The van der Waals surface area contributed by atoms with Crippen LogP contribution in [-0.2, 0) is 9.53 Å². The third-order valence-corrected chi connectivity index (χ3v) is 5.40. The molecule has 0 saturated heterocycles. The lowest BCUT2D eigenvalue weighted by molar-refractivity contribution is -0.136. The lowest BCUT2D eigenvalue weighted by atomic mass is 9.95. The first-order valence-corrected chi connectivity index (χ1v) is 11.1. The van der Waals surface area contributed by atoms with Gasteiger partial charge in [0.05, 0.1) is 25.8 Å². The fourth-order valence-corrected chi connectivity index (χ4v) is 3.40. The van der Waals surface area contributed by atoms with Crippen molar-refractivity contribution in [1.29, 1.82) is 0 Å². The number of ether oxygens (including phenoxy) is 1. The largest absolute Gasteiger partial charge is 0.466 e. The van der Waals surface area contributed by atoms with Gasteiger partial charge in [0.15, 0.2) is 0 Å². The van der Waals surface area contributed by atoms with Crippen LogP contribution in [0.4, 0.5) is 0 Å². The van der Waals surface area contributed by atoms with Gasteiger partial charge in [0, 0.05) is 28.8 Å². The van der Waals surface area contributed by atoms with E-state index in [-0.39, 0.29) is 12.0 Å². The average molecular weight is 465 g/mol. The predicted octanol–water partition coefficient (Wildman–Crippen LogP) is 4.15. The van der Waals surface area contributed by atoms with Crippen LogP contribution in [0.3, 0.4) is 0 Å². The van der Waals surface area contributed by atoms with Crippen LogP contribution < -0.4 is 0 Å². The Morgan fingerprint density at radius 3 is 2.96 bits per heavy atom. The SMILES string of the molecule is C=C(CC(O)c1ccc(Cl)cc1-c1cnn(PI)c1)C(=O)OC. The van der Waals surface area contributed by atoms with E-state index >= 15 is 0 Å². The molecule has 2 unspecified atom stereocenters. The van der Waals surface area contributed by atoms with Crippen molar-refractivity contribution in [3.63, 3.8) is 0 Å². The van der Waals surface area contributed by atoms with E-state index in [1.165, 1.54) is 7.11 Å². The molecule has 0 aliphatic heterocycles. The fraction of sp³-hybridized carbons (Fsp3) is 0.200. The van der Waals surface area contributed by atoms with E-state index in [4.69, 9.17) is 11.6 Å². The van der Waals surface area contributed by atoms with Crippen LogP contribution in [0.25, 0.3) is 11.1 Å². The second-order valence-corrected chi connectivity index (χ2v) is 7.32. The Bertz CT molecular complexity index is 735. The molecule has 5 nitrogen and oxygen atoms in total. The second kappa shape index (κ2) is 8.24. The van der Waals surface area contributed by atoms with Crippen LogP contribution in [0.5, 0.6) is 0 Å². The van der Waals surface area contributed by atoms with Crippen molar-refractivity contribution in [2.24, 2.45) is 0 Å². The molecule has 1 aromatic carbocycles. The molecule has 0 amide bonds. The Labute approximate surface area is 154 Å². The Morgan fingerprint density at radius 2 is 2.35 bits per heavy atom. The van der Waals surface area contributed by atoms with Crippen LogP contribution >= 0.6 is 40.0 Å². The zero-order valence-corrected chi connectivity index (χ0v) is 16.2. The first-order valence-electron chi connectivity index (χ1n) is 6.61. The molecule has 0 radical (unpaired) electrons. The number of carbonyl (C=O) groups excluding carboxylic acids is 1. The van der Waals surface area contributed by atoms with Crippen molar-refractivity contribution in [3.05, 3.63) is 53.3 Å². The highest BCUT2D eigenvalue weighted by molar-refractivity contribution is 14.2. The number of aromatic nitrogens is 2. The first kappa shape index (κ1) is 18.4. The Kier molecular flexibility index (Phi) is 6.59. The number of carbonyl (C=O) groups is 1. The quantitative estimate of drug-likeness (QED) is 0.302. The molecule has 2 rings (SSSR count). The maximum Gasteiger partial charge on any atom is 0.333 e. The number of methoxy groups -OCH3 is 1. The molecule has 0 aliphatic carbocycles.